The monoisotopic (exact) mass is 453 g/mol. The molecule has 0 amide bonds. The molecular weight excluding hydrogens is 418 g/mol. The van der Waals surface area contributed by atoms with Crippen LogP contribution in [-0.2, 0) is 0 Å². The maximum absolute atomic E-state index is 12.3. The summed E-state index contributed by atoms with van der Waals surface area (Å²) in [4.78, 5) is 14.4. The summed E-state index contributed by atoms with van der Waals surface area (Å²) < 4.78 is 5.51. The number of hydrogen-bond acceptors (Lipinski definition) is 4. The van der Waals surface area contributed by atoms with Crippen LogP contribution < -0.4 is 4.74 Å². The van der Waals surface area contributed by atoms with Crippen molar-refractivity contribution in [2.45, 2.75) is 50.5 Å². The Morgan fingerprint density at radius 2 is 1.55 bits per heavy atom. The lowest BCUT2D eigenvalue weighted by Crippen LogP contribution is -2.42. The molecular formula is C24H36ClNO5. The molecule has 2 aromatic rings. The van der Waals surface area contributed by atoms with Crippen molar-refractivity contribution in [1.29, 1.82) is 0 Å². The van der Waals surface area contributed by atoms with Gasteiger partial charge in [0.1, 0.15) is 5.75 Å². The summed E-state index contributed by atoms with van der Waals surface area (Å²) in [6, 6.07) is 15.0. The first-order valence-corrected chi connectivity index (χ1v) is 10.1. The number of rotatable bonds is 6. The molecule has 0 radical (unpaired) electrons. The Balaban J connectivity index is 0.00000300. The summed E-state index contributed by atoms with van der Waals surface area (Å²) in [5, 5.41) is 11.3. The van der Waals surface area contributed by atoms with Gasteiger partial charge in [-0.3, -0.25) is 0 Å². The number of aryl methyl sites for hydroxylation is 1. The Labute approximate surface area is 191 Å². The van der Waals surface area contributed by atoms with Gasteiger partial charge in [-0.2, -0.15) is 0 Å². The van der Waals surface area contributed by atoms with Crippen molar-refractivity contribution in [3.8, 4) is 5.75 Å². The van der Waals surface area contributed by atoms with Crippen LogP contribution in [0.3, 0.4) is 0 Å². The van der Waals surface area contributed by atoms with Crippen LogP contribution >= 0.6 is 12.4 Å². The van der Waals surface area contributed by atoms with Crippen molar-refractivity contribution in [3.63, 3.8) is 0 Å². The topological polar surface area (TPSA) is 113 Å². The fourth-order valence-electron chi connectivity index (χ4n) is 4.09. The minimum atomic E-state index is -0.664. The van der Waals surface area contributed by atoms with E-state index in [0.717, 1.165) is 43.4 Å². The fourth-order valence-corrected chi connectivity index (χ4v) is 4.09. The second-order valence-corrected chi connectivity index (χ2v) is 8.30. The van der Waals surface area contributed by atoms with Gasteiger partial charge in [0.15, 0.2) is 0 Å². The van der Waals surface area contributed by atoms with Crippen LogP contribution in [0.1, 0.15) is 59.5 Å². The normalized spacial score (nSPS) is 15.6. The molecule has 31 heavy (non-hydrogen) atoms. The van der Waals surface area contributed by atoms with E-state index in [2.05, 4.69) is 4.90 Å². The van der Waals surface area contributed by atoms with E-state index in [0.29, 0.717) is 11.3 Å². The Kier molecular flexibility index (Phi) is 12.0. The van der Waals surface area contributed by atoms with E-state index in [9.17, 15) is 9.90 Å². The predicted octanol–water partition coefficient (Wildman–Crippen LogP) is 3.33. The zero-order valence-electron chi connectivity index (χ0n) is 18.6. The molecule has 0 heterocycles. The zero-order chi connectivity index (χ0) is 20.1. The van der Waals surface area contributed by atoms with Gasteiger partial charge in [0.2, 0.25) is 0 Å². The molecule has 0 aromatic heterocycles. The van der Waals surface area contributed by atoms with Gasteiger partial charge in [-0.25, -0.2) is 4.79 Å². The summed E-state index contributed by atoms with van der Waals surface area (Å²) in [7, 11) is 4.08. The molecule has 1 saturated carbocycles. The van der Waals surface area contributed by atoms with E-state index in [4.69, 9.17) is 4.74 Å². The molecule has 0 aliphatic heterocycles. The fraction of sp³-hybridized carbons (Fsp3) is 0.458. The maximum Gasteiger partial charge on any atom is 0.343 e. The molecule has 0 saturated heterocycles. The molecule has 0 spiro atoms. The van der Waals surface area contributed by atoms with Gasteiger partial charge < -0.3 is 25.7 Å². The van der Waals surface area contributed by atoms with Gasteiger partial charge in [0.05, 0.1) is 11.2 Å². The van der Waals surface area contributed by atoms with Crippen molar-refractivity contribution in [2.24, 2.45) is 0 Å². The largest absolute Gasteiger partial charge is 0.423 e. The highest BCUT2D eigenvalue weighted by Gasteiger charge is 2.38. The molecule has 1 unspecified atom stereocenters. The number of hydrogen-bond donors (Lipinski definition) is 1. The third-order valence-corrected chi connectivity index (χ3v) is 5.70. The second-order valence-electron chi connectivity index (χ2n) is 8.30. The lowest BCUT2D eigenvalue weighted by Gasteiger charge is -2.40. The Hall–Kier alpha value is -1.96. The maximum atomic E-state index is 12.3. The summed E-state index contributed by atoms with van der Waals surface area (Å²) in [6.07, 6.45) is 5.04. The van der Waals surface area contributed by atoms with Crippen LogP contribution in [0, 0.1) is 6.92 Å². The summed E-state index contributed by atoms with van der Waals surface area (Å²) in [5.74, 6) is 0.210. The van der Waals surface area contributed by atoms with Crippen LogP contribution in [0.25, 0.3) is 0 Å². The van der Waals surface area contributed by atoms with E-state index < -0.39 is 5.60 Å². The molecule has 7 heteroatoms. The Morgan fingerprint density at radius 3 is 2.06 bits per heavy atom. The van der Waals surface area contributed by atoms with E-state index >= 15 is 0 Å². The molecule has 1 fully saturated rings. The lowest BCUT2D eigenvalue weighted by molar-refractivity contribution is -0.0277. The van der Waals surface area contributed by atoms with Crippen molar-refractivity contribution in [2.75, 3.05) is 20.6 Å². The van der Waals surface area contributed by atoms with E-state index in [1.807, 2.05) is 57.4 Å². The molecule has 0 bridgehead atoms. The number of halogens is 1. The van der Waals surface area contributed by atoms with Gasteiger partial charge >= 0.3 is 5.97 Å². The van der Waals surface area contributed by atoms with Crippen LogP contribution in [-0.4, -0.2) is 53.2 Å². The van der Waals surface area contributed by atoms with E-state index in [1.165, 1.54) is 6.42 Å². The standard InChI is InChI=1S/C24H31NO3.ClH.2H2O/c1-18-7-9-20(10-8-18)23(26)28-21-13-11-19(12-14-21)22(17-25(2)3)24(27)15-5-4-6-16-24;;;/h7-14,22,27H,4-6,15-17H2,1-3H3;1H;2*1H2. The number of ether oxygens (including phenoxy) is 1. The van der Waals surface area contributed by atoms with Gasteiger partial charge in [0, 0.05) is 12.5 Å². The number of esters is 1. The number of aliphatic hydroxyl groups is 1. The average molecular weight is 454 g/mol. The van der Waals surface area contributed by atoms with Gasteiger partial charge in [0.25, 0.3) is 0 Å². The first-order chi connectivity index (χ1) is 13.4. The first-order valence-electron chi connectivity index (χ1n) is 10.1. The molecule has 5 N–H and O–H groups in total. The van der Waals surface area contributed by atoms with Crippen LogP contribution in [0.4, 0.5) is 0 Å². The quantitative estimate of drug-likeness (QED) is 0.533. The average Bonchev–Trinajstić information content (AvgIpc) is 2.68. The summed E-state index contributed by atoms with van der Waals surface area (Å²) >= 11 is 0. The second kappa shape index (κ2) is 12.8. The summed E-state index contributed by atoms with van der Waals surface area (Å²) in [5.41, 5.74) is 2.07. The van der Waals surface area contributed by atoms with Crippen molar-refractivity contribution in [1.82, 2.24) is 4.90 Å². The molecule has 1 aliphatic carbocycles. The van der Waals surface area contributed by atoms with Crippen molar-refractivity contribution in [3.05, 3.63) is 65.2 Å². The highest BCUT2D eigenvalue weighted by molar-refractivity contribution is 5.91. The highest BCUT2D eigenvalue weighted by Crippen LogP contribution is 2.40. The van der Waals surface area contributed by atoms with Gasteiger partial charge in [-0.15, -0.1) is 12.4 Å². The van der Waals surface area contributed by atoms with Crippen molar-refractivity contribution < 1.29 is 25.6 Å². The Bertz CT molecular complexity index is 787. The number of carbonyl (C=O) groups is 1. The zero-order valence-corrected chi connectivity index (χ0v) is 19.4. The summed E-state index contributed by atoms with van der Waals surface area (Å²) in [6.45, 7) is 2.78. The third kappa shape index (κ3) is 7.59. The van der Waals surface area contributed by atoms with Gasteiger partial charge in [-0.1, -0.05) is 49.1 Å². The third-order valence-electron chi connectivity index (χ3n) is 5.70. The SMILES string of the molecule is Cc1ccc(C(=O)Oc2ccc(C(CN(C)C)C3(O)CCCCC3)cc2)cc1.Cl.O.O. The number of likely N-dealkylation sites (N-methyl/N-ethyl adjacent to an activating group) is 1. The minimum absolute atomic E-state index is 0. The molecule has 3 rings (SSSR count). The highest BCUT2D eigenvalue weighted by atomic mass is 35.5. The Morgan fingerprint density at radius 1 is 1.00 bits per heavy atom. The predicted molar refractivity (Wildman–Crippen MR) is 126 cm³/mol. The molecule has 1 aliphatic rings. The molecule has 1 atom stereocenters. The van der Waals surface area contributed by atoms with Crippen LogP contribution in [0.2, 0.25) is 0 Å². The van der Waals surface area contributed by atoms with Crippen LogP contribution in [0.5, 0.6) is 5.75 Å². The molecule has 174 valence electrons. The van der Waals surface area contributed by atoms with Crippen LogP contribution in [0.15, 0.2) is 48.5 Å². The number of nitrogens with zero attached hydrogens (tertiary/aromatic N) is 1. The van der Waals surface area contributed by atoms with Gasteiger partial charge in [-0.05, 0) is 63.7 Å². The van der Waals surface area contributed by atoms with Crippen molar-refractivity contribution >= 4 is 18.4 Å². The smallest absolute Gasteiger partial charge is 0.343 e. The van der Waals surface area contributed by atoms with E-state index in [1.54, 1.807) is 12.1 Å². The number of benzene rings is 2. The molecule has 2 aromatic carbocycles. The number of carbonyl (C=O) groups excluding carboxylic acids is 1. The first kappa shape index (κ1) is 29.0. The minimum Gasteiger partial charge on any atom is -0.423 e. The van der Waals surface area contributed by atoms with E-state index in [-0.39, 0.29) is 35.2 Å². The lowest BCUT2D eigenvalue weighted by atomic mass is 9.72. The molecule has 6 nitrogen and oxygen atoms in total.